The summed E-state index contributed by atoms with van der Waals surface area (Å²) in [5, 5.41) is 8.00. The number of rotatable bonds is 4. The summed E-state index contributed by atoms with van der Waals surface area (Å²) < 4.78 is 0. The number of carbonyl (C=O) groups excluding carboxylic acids is 2. The average Bonchev–Trinajstić information content (AvgIpc) is 2.52. The Morgan fingerprint density at radius 2 is 1.77 bits per heavy atom. The van der Waals surface area contributed by atoms with Crippen LogP contribution in [0.5, 0.6) is 0 Å². The quantitative estimate of drug-likeness (QED) is 0.439. The molecule has 0 saturated carbocycles. The van der Waals surface area contributed by atoms with Gasteiger partial charge in [-0.15, -0.1) is 0 Å². The molecule has 1 aliphatic rings. The van der Waals surface area contributed by atoms with Crippen molar-refractivity contribution in [1.29, 1.82) is 0 Å². The normalized spacial score (nSPS) is 18.3. The smallest absolute Gasteiger partial charge is 0.327 e. The molecule has 0 radical (unpaired) electrons. The van der Waals surface area contributed by atoms with Gasteiger partial charge in [-0.1, -0.05) is 12.1 Å². The average molecular weight is 301 g/mol. The Labute approximate surface area is 128 Å². The van der Waals surface area contributed by atoms with Gasteiger partial charge in [0, 0.05) is 18.8 Å². The summed E-state index contributed by atoms with van der Waals surface area (Å²) >= 11 is 0. The first-order valence-corrected chi connectivity index (χ1v) is 7.06. The molecule has 0 atom stereocenters. The van der Waals surface area contributed by atoms with Crippen LogP contribution in [-0.2, 0) is 4.79 Å². The third kappa shape index (κ3) is 3.25. The highest BCUT2D eigenvalue weighted by Gasteiger charge is 2.25. The van der Waals surface area contributed by atoms with Crippen molar-refractivity contribution in [3.05, 3.63) is 35.4 Å². The molecular formula is C15H19N5O2. The van der Waals surface area contributed by atoms with Gasteiger partial charge in [-0.05, 0) is 37.6 Å². The molecule has 0 unspecified atom stereocenters. The molecule has 3 amide bonds. The van der Waals surface area contributed by atoms with E-state index in [1.165, 1.54) is 0 Å². The van der Waals surface area contributed by atoms with E-state index in [0.29, 0.717) is 0 Å². The Kier molecular flexibility index (Phi) is 4.77. The first kappa shape index (κ1) is 15.6. The first-order chi connectivity index (χ1) is 10.6. The number of nitrogens with two attached hydrogens (primary N) is 1. The largest absolute Gasteiger partial charge is 0.372 e. The summed E-state index contributed by atoms with van der Waals surface area (Å²) in [5.41, 5.74) is 2.15. The predicted molar refractivity (Wildman–Crippen MR) is 86.3 cm³/mol. The molecule has 2 rings (SSSR count). The lowest BCUT2D eigenvalue weighted by Gasteiger charge is -2.21. The monoisotopic (exact) mass is 301 g/mol. The van der Waals surface area contributed by atoms with Crippen molar-refractivity contribution in [3.8, 4) is 0 Å². The number of amides is 3. The maximum absolute atomic E-state index is 11.9. The summed E-state index contributed by atoms with van der Waals surface area (Å²) in [6.45, 7) is 6.04. The van der Waals surface area contributed by atoms with Crippen molar-refractivity contribution in [2.24, 2.45) is 10.9 Å². The number of imide groups is 1. The van der Waals surface area contributed by atoms with E-state index in [1.54, 1.807) is 6.08 Å². The zero-order valence-corrected chi connectivity index (χ0v) is 12.6. The maximum Gasteiger partial charge on any atom is 0.327 e. The van der Waals surface area contributed by atoms with Crippen LogP contribution in [0.1, 0.15) is 19.4 Å². The van der Waals surface area contributed by atoms with Crippen LogP contribution in [0.2, 0.25) is 0 Å². The topological polar surface area (TPSA) is 99.8 Å². The number of hydrogen-bond acceptors (Lipinski definition) is 5. The Morgan fingerprint density at radius 3 is 2.32 bits per heavy atom. The Bertz CT molecular complexity index is 630. The minimum atomic E-state index is -0.636. The fourth-order valence-corrected chi connectivity index (χ4v) is 2.26. The third-order valence-corrected chi connectivity index (χ3v) is 3.42. The van der Waals surface area contributed by atoms with Crippen LogP contribution in [0.25, 0.3) is 6.08 Å². The van der Waals surface area contributed by atoms with Crippen LogP contribution in [0.15, 0.2) is 34.9 Å². The Hall–Kier alpha value is -2.83. The van der Waals surface area contributed by atoms with E-state index < -0.39 is 11.9 Å². The van der Waals surface area contributed by atoms with Gasteiger partial charge >= 0.3 is 6.03 Å². The Morgan fingerprint density at radius 1 is 1.14 bits per heavy atom. The third-order valence-electron chi connectivity index (χ3n) is 3.42. The van der Waals surface area contributed by atoms with E-state index in [2.05, 4.69) is 34.5 Å². The number of hydrogen-bond donors (Lipinski definition) is 3. The highest BCUT2D eigenvalue weighted by molar-refractivity contribution is 6.32. The van der Waals surface area contributed by atoms with Crippen LogP contribution in [-0.4, -0.2) is 30.9 Å². The van der Waals surface area contributed by atoms with Crippen LogP contribution in [0, 0.1) is 0 Å². The number of carbonyl (C=O) groups is 2. The molecule has 1 aromatic rings. The van der Waals surface area contributed by atoms with Gasteiger partial charge in [0.2, 0.25) is 0 Å². The lowest BCUT2D eigenvalue weighted by Crippen LogP contribution is -2.51. The molecule has 0 bridgehead atoms. The maximum atomic E-state index is 11.9. The molecule has 1 fully saturated rings. The van der Waals surface area contributed by atoms with Gasteiger partial charge in [-0.25, -0.2) is 4.79 Å². The number of amidine groups is 1. The Balaban J connectivity index is 2.28. The van der Waals surface area contributed by atoms with Crippen molar-refractivity contribution < 1.29 is 9.59 Å². The van der Waals surface area contributed by atoms with Crippen LogP contribution >= 0.6 is 0 Å². The van der Waals surface area contributed by atoms with Crippen LogP contribution in [0.4, 0.5) is 10.5 Å². The zero-order chi connectivity index (χ0) is 16.1. The van der Waals surface area contributed by atoms with Crippen molar-refractivity contribution in [2.75, 3.05) is 18.0 Å². The predicted octanol–water partition coefficient (Wildman–Crippen LogP) is 1.03. The minimum Gasteiger partial charge on any atom is -0.372 e. The standard InChI is InChI=1S/C15H19N5O2/c1-3-20(4-2)11-7-5-10(6-8-11)9-12-13(19-16)17-15(22)18-14(12)21/h5-9H,3-4,16H2,1-2H3,(H2,17,18,19,21,22)/b12-9-. The molecule has 0 aromatic heterocycles. The van der Waals surface area contributed by atoms with Gasteiger partial charge in [0.25, 0.3) is 5.91 Å². The van der Waals surface area contributed by atoms with Crippen molar-refractivity contribution in [2.45, 2.75) is 13.8 Å². The lowest BCUT2D eigenvalue weighted by molar-refractivity contribution is -0.116. The number of hydrazone groups is 1. The molecule has 7 nitrogen and oxygen atoms in total. The summed E-state index contributed by atoms with van der Waals surface area (Å²) in [6, 6.07) is 7.13. The van der Waals surface area contributed by atoms with Gasteiger partial charge in [-0.2, -0.15) is 5.10 Å². The SMILES string of the molecule is CCN(CC)c1ccc(/C=C2\C(=O)NC(=O)N\C2=N/N)cc1. The molecule has 0 aliphatic carbocycles. The lowest BCUT2D eigenvalue weighted by atomic mass is 10.1. The van der Waals surface area contributed by atoms with E-state index in [9.17, 15) is 9.59 Å². The van der Waals surface area contributed by atoms with Gasteiger partial charge in [0.15, 0.2) is 5.84 Å². The summed E-state index contributed by atoms with van der Waals surface area (Å²) in [7, 11) is 0. The molecule has 7 heteroatoms. The van der Waals surface area contributed by atoms with E-state index in [0.717, 1.165) is 24.3 Å². The molecule has 22 heavy (non-hydrogen) atoms. The number of urea groups is 1. The second-order valence-electron chi connectivity index (χ2n) is 4.71. The summed E-state index contributed by atoms with van der Waals surface area (Å²) in [4.78, 5) is 25.3. The van der Waals surface area contributed by atoms with Gasteiger partial charge in [-0.3, -0.25) is 15.4 Å². The van der Waals surface area contributed by atoms with Crippen molar-refractivity contribution in [3.63, 3.8) is 0 Å². The second-order valence-corrected chi connectivity index (χ2v) is 4.71. The fourth-order valence-electron chi connectivity index (χ4n) is 2.26. The van der Waals surface area contributed by atoms with E-state index in [1.807, 2.05) is 24.3 Å². The highest BCUT2D eigenvalue weighted by Crippen LogP contribution is 2.17. The molecule has 0 spiro atoms. The zero-order valence-electron chi connectivity index (χ0n) is 12.6. The number of anilines is 1. The summed E-state index contributed by atoms with van der Waals surface area (Å²) in [5.74, 6) is 4.75. The van der Waals surface area contributed by atoms with Crippen LogP contribution in [0.3, 0.4) is 0 Å². The molecule has 1 heterocycles. The van der Waals surface area contributed by atoms with E-state index in [-0.39, 0.29) is 11.4 Å². The van der Waals surface area contributed by atoms with E-state index in [4.69, 9.17) is 5.84 Å². The highest BCUT2D eigenvalue weighted by atomic mass is 16.2. The number of nitrogens with zero attached hydrogens (tertiary/aromatic N) is 2. The molecule has 1 aromatic carbocycles. The van der Waals surface area contributed by atoms with Gasteiger partial charge < -0.3 is 10.7 Å². The molecule has 4 N–H and O–H groups in total. The van der Waals surface area contributed by atoms with Gasteiger partial charge in [0.05, 0.1) is 5.57 Å². The van der Waals surface area contributed by atoms with Crippen LogP contribution < -0.4 is 21.4 Å². The minimum absolute atomic E-state index is 0.0570. The number of nitrogens with one attached hydrogen (secondary N) is 2. The van der Waals surface area contributed by atoms with Gasteiger partial charge in [0.1, 0.15) is 0 Å². The number of benzene rings is 1. The summed E-state index contributed by atoms with van der Waals surface area (Å²) in [6.07, 6.45) is 1.63. The molecular weight excluding hydrogens is 282 g/mol. The molecule has 1 saturated heterocycles. The second kappa shape index (κ2) is 6.75. The van der Waals surface area contributed by atoms with Crippen molar-refractivity contribution >= 4 is 29.5 Å². The molecule has 116 valence electrons. The first-order valence-electron chi connectivity index (χ1n) is 7.06. The molecule has 1 aliphatic heterocycles. The fraction of sp³-hybridized carbons (Fsp3) is 0.267. The van der Waals surface area contributed by atoms with E-state index >= 15 is 0 Å². The van der Waals surface area contributed by atoms with Crippen molar-refractivity contribution in [1.82, 2.24) is 10.6 Å².